The third-order valence-corrected chi connectivity index (χ3v) is 7.67. The van der Waals surface area contributed by atoms with Crippen molar-refractivity contribution < 1.29 is 0 Å². The zero-order valence-corrected chi connectivity index (χ0v) is 22.7. The minimum absolute atomic E-state index is 0.0965. The number of hydrogen-bond donors (Lipinski definition) is 1. The van der Waals surface area contributed by atoms with E-state index in [0.29, 0.717) is 29.5 Å². The van der Waals surface area contributed by atoms with Gasteiger partial charge in [0.15, 0.2) is 17.3 Å². The van der Waals surface area contributed by atoms with Crippen LogP contribution >= 0.6 is 11.8 Å². The summed E-state index contributed by atoms with van der Waals surface area (Å²) in [5.74, 6) is 2.43. The molecule has 192 valence electrons. The Morgan fingerprint density at radius 3 is 2.57 bits per heavy atom. The fourth-order valence-electron chi connectivity index (χ4n) is 4.29. The minimum atomic E-state index is -0.208. The average Bonchev–Trinajstić information content (AvgIpc) is 3.73. The number of rotatable bonds is 9. The van der Waals surface area contributed by atoms with Crippen LogP contribution in [0.2, 0.25) is 0 Å². The summed E-state index contributed by atoms with van der Waals surface area (Å²) >= 11 is 1.75. The molecule has 5 rings (SSSR count). The summed E-state index contributed by atoms with van der Waals surface area (Å²) in [5, 5.41) is 3.21. The van der Waals surface area contributed by atoms with Crippen LogP contribution in [0.25, 0.3) is 22.6 Å². The molecule has 10 heteroatoms. The summed E-state index contributed by atoms with van der Waals surface area (Å²) in [6.07, 6.45) is 7.38. The van der Waals surface area contributed by atoms with Gasteiger partial charge in [-0.2, -0.15) is 0 Å². The highest BCUT2D eigenvalue weighted by Crippen LogP contribution is 2.43. The molecule has 0 radical (unpaired) electrons. The zero-order valence-electron chi connectivity index (χ0n) is 21.9. The molecule has 0 spiro atoms. The number of pyridine rings is 1. The van der Waals surface area contributed by atoms with Crippen LogP contribution in [-0.2, 0) is 6.54 Å². The second kappa shape index (κ2) is 10.5. The fourth-order valence-corrected chi connectivity index (χ4v) is 4.91. The molecule has 0 aromatic carbocycles. The second-order valence-electron chi connectivity index (χ2n) is 9.79. The van der Waals surface area contributed by atoms with Crippen LogP contribution in [0.3, 0.4) is 0 Å². The van der Waals surface area contributed by atoms with Crippen LogP contribution in [0.15, 0.2) is 40.5 Å². The smallest absolute Gasteiger partial charge is 0.295 e. The molecule has 0 aliphatic heterocycles. The number of fused-ring (bicyclic) bond motifs is 1. The molecule has 1 aliphatic carbocycles. The van der Waals surface area contributed by atoms with Crippen molar-refractivity contribution in [1.82, 2.24) is 34.5 Å². The molecule has 4 aromatic rings. The number of nitrogens with zero attached hydrogens (tertiary/aromatic N) is 7. The lowest BCUT2D eigenvalue weighted by molar-refractivity contribution is 0.406. The van der Waals surface area contributed by atoms with Gasteiger partial charge in [-0.05, 0) is 50.5 Å². The summed E-state index contributed by atoms with van der Waals surface area (Å²) < 4.78 is 1.74. The Balaban J connectivity index is 1.56. The molecule has 0 saturated heterocycles. The highest BCUT2D eigenvalue weighted by Gasteiger charge is 2.30. The molecule has 0 bridgehead atoms. The predicted molar refractivity (Wildman–Crippen MR) is 147 cm³/mol. The van der Waals surface area contributed by atoms with Crippen molar-refractivity contribution >= 4 is 28.7 Å². The molecule has 1 N–H and O–H groups in total. The van der Waals surface area contributed by atoms with Crippen molar-refractivity contribution in [1.29, 1.82) is 0 Å². The first-order valence-corrected chi connectivity index (χ1v) is 13.8. The van der Waals surface area contributed by atoms with Crippen LogP contribution in [-0.4, -0.2) is 40.2 Å². The molecule has 0 amide bonds. The lowest BCUT2D eigenvalue weighted by Gasteiger charge is -2.22. The van der Waals surface area contributed by atoms with Crippen LogP contribution in [0.5, 0.6) is 0 Å². The summed E-state index contributed by atoms with van der Waals surface area (Å²) in [6, 6.07) is 3.92. The molecular formula is C27H32N8OS. The van der Waals surface area contributed by atoms with Gasteiger partial charge >= 0.3 is 0 Å². The molecule has 4 aromatic heterocycles. The van der Waals surface area contributed by atoms with Gasteiger partial charge in [0.1, 0.15) is 11.8 Å². The van der Waals surface area contributed by atoms with E-state index in [1.54, 1.807) is 28.9 Å². The Labute approximate surface area is 220 Å². The molecule has 1 aliphatic rings. The lowest BCUT2D eigenvalue weighted by Crippen LogP contribution is -2.30. The maximum atomic E-state index is 13.7. The van der Waals surface area contributed by atoms with Crippen LogP contribution in [0.4, 0.5) is 5.82 Å². The van der Waals surface area contributed by atoms with Crippen molar-refractivity contribution in [3.05, 3.63) is 58.3 Å². The molecule has 9 nitrogen and oxygen atoms in total. The van der Waals surface area contributed by atoms with Crippen molar-refractivity contribution in [3.8, 4) is 11.4 Å². The topological polar surface area (TPSA) is 111 Å². The Morgan fingerprint density at radius 1 is 1.08 bits per heavy atom. The Bertz CT molecular complexity index is 1480. The molecule has 1 saturated carbocycles. The first-order valence-electron chi connectivity index (χ1n) is 12.8. The summed E-state index contributed by atoms with van der Waals surface area (Å²) in [7, 11) is 0. The largest absolute Gasteiger partial charge is 0.360 e. The third-order valence-electron chi connectivity index (χ3n) is 6.80. The summed E-state index contributed by atoms with van der Waals surface area (Å²) in [4.78, 5) is 42.5. The molecule has 0 unspecified atom stereocenters. The van der Waals surface area contributed by atoms with Crippen molar-refractivity contribution in [3.63, 3.8) is 0 Å². The summed E-state index contributed by atoms with van der Waals surface area (Å²) in [6.45, 7) is 10.7. The SMILES string of the molecule is CCSc1ccc(CNc2nc3cnc(-c4c(C)ncnc4C4CC4)nc3n([C@H](C)C(C)C)c2=O)nc1. The number of hydrogen-bond acceptors (Lipinski definition) is 9. The Kier molecular flexibility index (Phi) is 7.19. The quantitative estimate of drug-likeness (QED) is 0.301. The monoisotopic (exact) mass is 516 g/mol. The van der Waals surface area contributed by atoms with E-state index >= 15 is 0 Å². The maximum absolute atomic E-state index is 13.7. The third kappa shape index (κ3) is 5.20. The molecule has 4 heterocycles. The number of aryl methyl sites for hydroxylation is 1. The number of thioether (sulfide) groups is 1. The van der Waals surface area contributed by atoms with Gasteiger partial charge in [-0.25, -0.2) is 24.9 Å². The van der Waals surface area contributed by atoms with Crippen molar-refractivity contribution in [2.24, 2.45) is 5.92 Å². The molecular weight excluding hydrogens is 484 g/mol. The molecule has 1 atom stereocenters. The predicted octanol–water partition coefficient (Wildman–Crippen LogP) is 5.17. The highest BCUT2D eigenvalue weighted by atomic mass is 32.2. The van der Waals surface area contributed by atoms with Crippen LogP contribution in [0.1, 0.15) is 69.6 Å². The fraction of sp³-hybridized carbons (Fsp3) is 0.444. The van der Waals surface area contributed by atoms with Crippen molar-refractivity contribution in [2.45, 2.75) is 70.9 Å². The highest BCUT2D eigenvalue weighted by molar-refractivity contribution is 7.99. The van der Waals surface area contributed by atoms with E-state index in [9.17, 15) is 4.79 Å². The number of aromatic nitrogens is 7. The van der Waals surface area contributed by atoms with E-state index in [0.717, 1.165) is 46.1 Å². The van der Waals surface area contributed by atoms with Crippen LogP contribution in [0, 0.1) is 12.8 Å². The van der Waals surface area contributed by atoms with Crippen LogP contribution < -0.4 is 10.9 Å². The zero-order chi connectivity index (χ0) is 26.1. The van der Waals surface area contributed by atoms with E-state index in [2.05, 4.69) is 51.0 Å². The van der Waals surface area contributed by atoms with Gasteiger partial charge in [0.2, 0.25) is 0 Å². The average molecular weight is 517 g/mol. The van der Waals surface area contributed by atoms with Gasteiger partial charge in [0, 0.05) is 23.1 Å². The minimum Gasteiger partial charge on any atom is -0.360 e. The van der Waals surface area contributed by atoms with Gasteiger partial charge in [0.05, 0.1) is 35.4 Å². The maximum Gasteiger partial charge on any atom is 0.295 e. The second-order valence-corrected chi connectivity index (χ2v) is 11.1. The summed E-state index contributed by atoms with van der Waals surface area (Å²) in [5.41, 5.74) is 4.39. The Morgan fingerprint density at radius 2 is 1.89 bits per heavy atom. The normalized spacial score (nSPS) is 14.3. The van der Waals surface area contributed by atoms with Gasteiger partial charge in [-0.15, -0.1) is 11.8 Å². The van der Waals surface area contributed by atoms with E-state index in [-0.39, 0.29) is 23.3 Å². The molecule has 37 heavy (non-hydrogen) atoms. The van der Waals surface area contributed by atoms with E-state index in [4.69, 9.17) is 4.98 Å². The lowest BCUT2D eigenvalue weighted by atomic mass is 10.1. The number of anilines is 1. The van der Waals surface area contributed by atoms with Gasteiger partial charge in [-0.1, -0.05) is 20.8 Å². The first-order chi connectivity index (χ1) is 17.9. The molecule has 1 fully saturated rings. The first kappa shape index (κ1) is 25.3. The van der Waals surface area contributed by atoms with Gasteiger partial charge < -0.3 is 5.32 Å². The van der Waals surface area contributed by atoms with E-state index in [1.165, 1.54) is 0 Å². The van der Waals surface area contributed by atoms with Gasteiger partial charge in [0.25, 0.3) is 5.56 Å². The van der Waals surface area contributed by atoms with Gasteiger partial charge in [-0.3, -0.25) is 14.3 Å². The standard InChI is InChI=1S/C27H32N8OS/c1-6-37-20-10-9-19(28-12-20)11-29-25-27(36)35(17(5)15(2)3)26-21(33-25)13-30-24(34-26)22-16(4)31-14-32-23(22)18-7-8-18/h9-10,12-15,17-18H,6-8,11H2,1-5H3,(H,29,33)/t17-/m1/s1. The van der Waals surface area contributed by atoms with E-state index in [1.807, 2.05) is 32.2 Å². The number of nitrogens with one attached hydrogen (secondary N) is 1. The Hall–Kier alpha value is -3.40. The van der Waals surface area contributed by atoms with Crippen molar-refractivity contribution in [2.75, 3.05) is 11.1 Å². The van der Waals surface area contributed by atoms with E-state index < -0.39 is 0 Å².